The Morgan fingerprint density at radius 3 is 2.92 bits per heavy atom. The molecule has 2 atom stereocenters. The predicted molar refractivity (Wildman–Crippen MR) is 107 cm³/mol. The zero-order chi connectivity index (χ0) is 17.1. The Bertz CT molecular complexity index is 735. The van der Waals surface area contributed by atoms with Crippen LogP contribution in [0.2, 0.25) is 5.02 Å². The van der Waals surface area contributed by atoms with Crippen molar-refractivity contribution in [3.63, 3.8) is 0 Å². The van der Waals surface area contributed by atoms with E-state index in [-0.39, 0.29) is 24.2 Å². The molecule has 0 spiro atoms. The fourth-order valence-corrected chi connectivity index (χ4v) is 4.23. The van der Waals surface area contributed by atoms with Gasteiger partial charge in [-0.05, 0) is 44.9 Å². The lowest BCUT2D eigenvalue weighted by Crippen LogP contribution is -2.40. The number of halogens is 2. The number of carbonyl (C=O) groups excluding carboxylic acids is 1. The molecule has 4 nitrogen and oxygen atoms in total. The van der Waals surface area contributed by atoms with Gasteiger partial charge in [-0.2, -0.15) is 0 Å². The number of nitrogens with one attached hydrogen (secondary N) is 2. The Kier molecular flexibility index (Phi) is 7.25. The van der Waals surface area contributed by atoms with Gasteiger partial charge in [0.1, 0.15) is 0 Å². The van der Waals surface area contributed by atoms with E-state index in [9.17, 15) is 4.79 Å². The van der Waals surface area contributed by atoms with Gasteiger partial charge in [-0.25, -0.2) is 4.98 Å². The van der Waals surface area contributed by atoms with E-state index in [0.717, 1.165) is 47.0 Å². The molecule has 0 unspecified atom stereocenters. The molecule has 1 aromatic heterocycles. The third-order valence-corrected chi connectivity index (χ3v) is 5.87. The summed E-state index contributed by atoms with van der Waals surface area (Å²) < 4.78 is 0. The van der Waals surface area contributed by atoms with Crippen molar-refractivity contribution in [1.29, 1.82) is 0 Å². The van der Waals surface area contributed by atoms with Crippen molar-refractivity contribution < 1.29 is 4.79 Å². The van der Waals surface area contributed by atoms with E-state index in [0.29, 0.717) is 11.2 Å². The quantitative estimate of drug-likeness (QED) is 0.798. The highest BCUT2D eigenvalue weighted by molar-refractivity contribution is 7.15. The minimum Gasteiger partial charge on any atom is -0.314 e. The van der Waals surface area contributed by atoms with Crippen LogP contribution in [0.25, 0.3) is 0 Å². The molecule has 0 bridgehead atoms. The van der Waals surface area contributed by atoms with Crippen LogP contribution in [0.5, 0.6) is 0 Å². The summed E-state index contributed by atoms with van der Waals surface area (Å²) in [6.45, 7) is 4.99. The zero-order valence-corrected chi connectivity index (χ0v) is 16.7. The summed E-state index contributed by atoms with van der Waals surface area (Å²) in [6.07, 6.45) is 2.50. The van der Waals surface area contributed by atoms with Gasteiger partial charge >= 0.3 is 0 Å². The van der Waals surface area contributed by atoms with Crippen molar-refractivity contribution in [3.8, 4) is 0 Å². The number of piperidine rings is 1. The Hall–Kier alpha value is -1.14. The lowest BCUT2D eigenvalue weighted by molar-refractivity contribution is -0.120. The number of aryl methyl sites for hydroxylation is 1. The topological polar surface area (TPSA) is 54.0 Å². The van der Waals surface area contributed by atoms with Crippen molar-refractivity contribution in [1.82, 2.24) is 10.3 Å². The molecule has 1 aromatic carbocycles. The Labute approximate surface area is 163 Å². The number of thiazole rings is 1. The standard InChI is InChI=1S/C18H22ClN3OS.ClH/c1-11-9-14(7-8-20-11)17(23)22-18-21-12(2)16(24-18)10-13-5-3-4-6-15(13)19;/h3-6,11,14,20H,7-10H2,1-2H3,(H,21,22,23);1H/t11-,14-;/m0./s1. The van der Waals surface area contributed by atoms with Gasteiger partial charge in [-0.3, -0.25) is 4.79 Å². The van der Waals surface area contributed by atoms with E-state index in [1.807, 2.05) is 31.2 Å². The van der Waals surface area contributed by atoms with Gasteiger partial charge in [0.25, 0.3) is 0 Å². The van der Waals surface area contributed by atoms with Gasteiger partial charge in [-0.15, -0.1) is 23.7 Å². The van der Waals surface area contributed by atoms with Crippen LogP contribution in [0.1, 0.15) is 35.9 Å². The van der Waals surface area contributed by atoms with Crippen LogP contribution >= 0.6 is 35.3 Å². The van der Waals surface area contributed by atoms with Crippen LogP contribution in [-0.4, -0.2) is 23.5 Å². The molecule has 2 aromatic rings. The minimum atomic E-state index is 0. The molecule has 0 radical (unpaired) electrons. The maximum absolute atomic E-state index is 12.5. The van der Waals surface area contributed by atoms with E-state index in [4.69, 9.17) is 11.6 Å². The highest BCUT2D eigenvalue weighted by Gasteiger charge is 2.25. The van der Waals surface area contributed by atoms with Crippen molar-refractivity contribution in [2.24, 2.45) is 5.92 Å². The van der Waals surface area contributed by atoms with Gasteiger partial charge < -0.3 is 10.6 Å². The molecule has 0 saturated carbocycles. The van der Waals surface area contributed by atoms with Crippen molar-refractivity contribution in [2.45, 2.75) is 39.2 Å². The molecule has 2 N–H and O–H groups in total. The molecule has 1 amide bonds. The monoisotopic (exact) mass is 399 g/mol. The fourth-order valence-electron chi connectivity index (χ4n) is 3.04. The molecule has 2 heterocycles. The first kappa shape index (κ1) is 20.2. The van der Waals surface area contributed by atoms with Gasteiger partial charge in [0.05, 0.1) is 5.69 Å². The van der Waals surface area contributed by atoms with E-state index in [1.54, 1.807) is 0 Å². The first-order chi connectivity index (χ1) is 11.5. The molecular formula is C18H23Cl2N3OS. The van der Waals surface area contributed by atoms with Crippen LogP contribution in [0.3, 0.4) is 0 Å². The number of hydrogen-bond donors (Lipinski definition) is 2. The van der Waals surface area contributed by atoms with Crippen molar-refractivity contribution in [3.05, 3.63) is 45.4 Å². The Morgan fingerprint density at radius 1 is 1.44 bits per heavy atom. The smallest absolute Gasteiger partial charge is 0.229 e. The Balaban J connectivity index is 0.00000225. The SMILES string of the molecule is Cc1nc(NC(=O)[C@H]2CCN[C@@H](C)C2)sc1Cc1ccccc1Cl.Cl. The van der Waals surface area contributed by atoms with Crippen LogP contribution in [0, 0.1) is 12.8 Å². The summed E-state index contributed by atoms with van der Waals surface area (Å²) in [4.78, 5) is 18.1. The lowest BCUT2D eigenvalue weighted by Gasteiger charge is -2.26. The maximum atomic E-state index is 12.5. The van der Waals surface area contributed by atoms with Gasteiger partial charge in [0.2, 0.25) is 5.91 Å². The molecule has 1 fully saturated rings. The first-order valence-electron chi connectivity index (χ1n) is 8.27. The highest BCUT2D eigenvalue weighted by Crippen LogP contribution is 2.28. The van der Waals surface area contributed by atoms with Crippen LogP contribution < -0.4 is 10.6 Å². The van der Waals surface area contributed by atoms with Crippen molar-refractivity contribution in [2.75, 3.05) is 11.9 Å². The minimum absolute atomic E-state index is 0. The second kappa shape index (κ2) is 8.99. The number of aromatic nitrogens is 1. The van der Waals surface area contributed by atoms with Crippen LogP contribution in [0.15, 0.2) is 24.3 Å². The number of amides is 1. The number of benzene rings is 1. The predicted octanol–water partition coefficient (Wildman–Crippen LogP) is 4.44. The van der Waals surface area contributed by atoms with Gasteiger partial charge in [-0.1, -0.05) is 29.8 Å². The van der Waals surface area contributed by atoms with Crippen molar-refractivity contribution >= 4 is 46.4 Å². The molecular weight excluding hydrogens is 377 g/mol. The summed E-state index contributed by atoms with van der Waals surface area (Å²) in [5.41, 5.74) is 2.03. The average molecular weight is 400 g/mol. The van der Waals surface area contributed by atoms with E-state index < -0.39 is 0 Å². The highest BCUT2D eigenvalue weighted by atomic mass is 35.5. The van der Waals surface area contributed by atoms with Gasteiger partial charge in [0, 0.05) is 28.3 Å². The summed E-state index contributed by atoms with van der Waals surface area (Å²) in [5.74, 6) is 0.152. The molecule has 0 aliphatic carbocycles. The van der Waals surface area contributed by atoms with Crippen LogP contribution in [0.4, 0.5) is 5.13 Å². The number of nitrogens with zero attached hydrogens (tertiary/aromatic N) is 1. The van der Waals surface area contributed by atoms with Crippen LogP contribution in [-0.2, 0) is 11.2 Å². The number of anilines is 1. The second-order valence-electron chi connectivity index (χ2n) is 6.36. The largest absolute Gasteiger partial charge is 0.314 e. The van der Waals surface area contributed by atoms with E-state index in [2.05, 4.69) is 22.5 Å². The molecule has 25 heavy (non-hydrogen) atoms. The van der Waals surface area contributed by atoms with E-state index in [1.165, 1.54) is 11.3 Å². The molecule has 136 valence electrons. The Morgan fingerprint density at radius 2 is 2.20 bits per heavy atom. The molecule has 1 saturated heterocycles. The molecule has 7 heteroatoms. The summed E-state index contributed by atoms with van der Waals surface area (Å²) in [7, 11) is 0. The number of carbonyl (C=O) groups is 1. The first-order valence-corrected chi connectivity index (χ1v) is 9.46. The molecule has 3 rings (SSSR count). The lowest BCUT2D eigenvalue weighted by atomic mass is 9.93. The maximum Gasteiger partial charge on any atom is 0.229 e. The third-order valence-electron chi connectivity index (χ3n) is 4.43. The summed E-state index contributed by atoms with van der Waals surface area (Å²) in [6, 6.07) is 8.23. The molecule has 1 aliphatic heterocycles. The van der Waals surface area contributed by atoms with E-state index >= 15 is 0 Å². The normalized spacial score (nSPS) is 20.0. The summed E-state index contributed by atoms with van der Waals surface area (Å²) in [5, 5.41) is 7.82. The molecule has 1 aliphatic rings. The fraction of sp³-hybridized carbons (Fsp3) is 0.444. The number of rotatable bonds is 4. The number of hydrogen-bond acceptors (Lipinski definition) is 4. The second-order valence-corrected chi connectivity index (χ2v) is 7.85. The van der Waals surface area contributed by atoms with Gasteiger partial charge in [0.15, 0.2) is 5.13 Å². The summed E-state index contributed by atoms with van der Waals surface area (Å²) >= 11 is 7.78. The zero-order valence-electron chi connectivity index (χ0n) is 14.3. The third kappa shape index (κ3) is 5.17. The average Bonchev–Trinajstić information content (AvgIpc) is 2.89.